The first-order valence-corrected chi connectivity index (χ1v) is 8.49. The Morgan fingerprint density at radius 3 is 2.50 bits per heavy atom. The van der Waals surface area contributed by atoms with Crippen LogP contribution in [0.15, 0.2) is 66.7 Å². The van der Waals surface area contributed by atoms with E-state index < -0.39 is 0 Å². The van der Waals surface area contributed by atoms with E-state index in [1.54, 1.807) is 7.11 Å². The topological polar surface area (TPSA) is 59.6 Å². The Labute approximate surface area is 152 Å². The van der Waals surface area contributed by atoms with Gasteiger partial charge < -0.3 is 20.1 Å². The van der Waals surface area contributed by atoms with Gasteiger partial charge in [0.25, 0.3) is 0 Å². The van der Waals surface area contributed by atoms with E-state index in [0.29, 0.717) is 13.2 Å². The first-order chi connectivity index (χ1) is 12.8. The van der Waals surface area contributed by atoms with E-state index in [2.05, 4.69) is 10.6 Å². The summed E-state index contributed by atoms with van der Waals surface area (Å²) in [5, 5.41) is 8.20. The largest absolute Gasteiger partial charge is 0.491 e. The van der Waals surface area contributed by atoms with Gasteiger partial charge in [0, 0.05) is 23.9 Å². The number of ether oxygens (including phenoxy) is 2. The Balaban J connectivity index is 1.54. The molecule has 1 amide bonds. The maximum absolute atomic E-state index is 12.3. The van der Waals surface area contributed by atoms with Gasteiger partial charge in [-0.15, -0.1) is 0 Å². The van der Waals surface area contributed by atoms with Crippen molar-refractivity contribution in [1.29, 1.82) is 0 Å². The van der Waals surface area contributed by atoms with Crippen molar-refractivity contribution in [2.75, 3.05) is 37.5 Å². The lowest BCUT2D eigenvalue weighted by molar-refractivity contribution is -0.114. The summed E-state index contributed by atoms with van der Waals surface area (Å²) in [5.41, 5.74) is 1.67. The molecule has 134 valence electrons. The molecule has 0 aliphatic rings. The summed E-state index contributed by atoms with van der Waals surface area (Å²) in [6, 6.07) is 21.3. The van der Waals surface area contributed by atoms with Crippen LogP contribution >= 0.6 is 0 Å². The number of carbonyl (C=O) groups is 1. The maximum Gasteiger partial charge on any atom is 0.243 e. The van der Waals surface area contributed by atoms with Gasteiger partial charge in [-0.05, 0) is 35.7 Å². The highest BCUT2D eigenvalue weighted by atomic mass is 16.5. The number of rotatable bonds is 8. The standard InChI is InChI=1S/C21H22N2O3/c1-25-13-14-26-18-11-9-17(10-12-18)22-15-21(24)23-20-8-4-6-16-5-2-3-7-19(16)20/h2-12,22H,13-15H2,1H3,(H,23,24). The maximum atomic E-state index is 12.3. The van der Waals surface area contributed by atoms with E-state index in [1.807, 2.05) is 66.7 Å². The van der Waals surface area contributed by atoms with E-state index in [9.17, 15) is 4.79 Å². The van der Waals surface area contributed by atoms with Crippen LogP contribution < -0.4 is 15.4 Å². The number of carbonyl (C=O) groups excluding carboxylic acids is 1. The molecule has 0 radical (unpaired) electrons. The van der Waals surface area contributed by atoms with Crippen molar-refractivity contribution in [3.05, 3.63) is 66.7 Å². The van der Waals surface area contributed by atoms with Crippen LogP contribution in [0, 0.1) is 0 Å². The van der Waals surface area contributed by atoms with E-state index in [-0.39, 0.29) is 12.5 Å². The highest BCUT2D eigenvalue weighted by Crippen LogP contribution is 2.23. The molecule has 0 bridgehead atoms. The Morgan fingerprint density at radius 2 is 1.69 bits per heavy atom. The number of hydrogen-bond acceptors (Lipinski definition) is 4. The summed E-state index contributed by atoms with van der Waals surface area (Å²) in [5.74, 6) is 0.676. The second-order valence-electron chi connectivity index (χ2n) is 5.79. The molecule has 3 rings (SSSR count). The van der Waals surface area contributed by atoms with E-state index in [4.69, 9.17) is 9.47 Å². The predicted molar refractivity (Wildman–Crippen MR) is 105 cm³/mol. The van der Waals surface area contributed by atoms with Crippen molar-refractivity contribution in [3.63, 3.8) is 0 Å². The van der Waals surface area contributed by atoms with Crippen LogP contribution in [-0.4, -0.2) is 32.8 Å². The third-order valence-electron chi connectivity index (χ3n) is 3.93. The monoisotopic (exact) mass is 350 g/mol. The van der Waals surface area contributed by atoms with E-state index in [1.165, 1.54) is 0 Å². The molecule has 0 aromatic heterocycles. The van der Waals surface area contributed by atoms with Gasteiger partial charge in [-0.3, -0.25) is 4.79 Å². The smallest absolute Gasteiger partial charge is 0.243 e. The lowest BCUT2D eigenvalue weighted by atomic mass is 10.1. The SMILES string of the molecule is COCCOc1ccc(NCC(=O)Nc2cccc3ccccc23)cc1. The minimum absolute atomic E-state index is 0.0956. The summed E-state index contributed by atoms with van der Waals surface area (Å²) in [6.07, 6.45) is 0. The molecule has 0 saturated carbocycles. The molecule has 0 atom stereocenters. The molecule has 5 heteroatoms. The van der Waals surface area contributed by atoms with Gasteiger partial charge in [0.05, 0.1) is 13.2 Å². The first kappa shape index (κ1) is 17.8. The molecule has 0 spiro atoms. The van der Waals surface area contributed by atoms with Gasteiger partial charge in [-0.1, -0.05) is 36.4 Å². The number of amides is 1. The fourth-order valence-corrected chi connectivity index (χ4v) is 2.62. The average molecular weight is 350 g/mol. The van der Waals surface area contributed by atoms with Crippen LogP contribution in [-0.2, 0) is 9.53 Å². The van der Waals surface area contributed by atoms with Crippen LogP contribution in [0.4, 0.5) is 11.4 Å². The molecular weight excluding hydrogens is 328 g/mol. The van der Waals surface area contributed by atoms with Crippen molar-refractivity contribution in [1.82, 2.24) is 0 Å². The fraction of sp³-hybridized carbons (Fsp3) is 0.190. The second kappa shape index (κ2) is 8.87. The molecule has 0 fully saturated rings. The second-order valence-corrected chi connectivity index (χ2v) is 5.79. The molecule has 0 aliphatic heterocycles. The van der Waals surface area contributed by atoms with Crippen molar-refractivity contribution in [3.8, 4) is 5.75 Å². The Hall–Kier alpha value is -3.05. The molecule has 3 aromatic rings. The third kappa shape index (κ3) is 4.74. The van der Waals surface area contributed by atoms with Gasteiger partial charge in [0.15, 0.2) is 0 Å². The molecule has 5 nitrogen and oxygen atoms in total. The van der Waals surface area contributed by atoms with Gasteiger partial charge in [-0.2, -0.15) is 0 Å². The minimum atomic E-state index is -0.0956. The van der Waals surface area contributed by atoms with Gasteiger partial charge in [0.1, 0.15) is 12.4 Å². The molecule has 0 heterocycles. The van der Waals surface area contributed by atoms with Crippen LogP contribution in [0.5, 0.6) is 5.75 Å². The summed E-state index contributed by atoms with van der Waals surface area (Å²) < 4.78 is 10.5. The van der Waals surface area contributed by atoms with Crippen molar-refractivity contribution < 1.29 is 14.3 Å². The lowest BCUT2D eigenvalue weighted by Crippen LogP contribution is -2.21. The number of anilines is 2. The van der Waals surface area contributed by atoms with E-state index >= 15 is 0 Å². The van der Waals surface area contributed by atoms with Gasteiger partial charge in [0.2, 0.25) is 5.91 Å². The Morgan fingerprint density at radius 1 is 0.923 bits per heavy atom. The van der Waals surface area contributed by atoms with Crippen molar-refractivity contribution >= 4 is 28.1 Å². The number of nitrogens with one attached hydrogen (secondary N) is 2. The number of hydrogen-bond donors (Lipinski definition) is 2. The van der Waals surface area contributed by atoms with E-state index in [0.717, 1.165) is 27.9 Å². The molecule has 0 aliphatic carbocycles. The highest BCUT2D eigenvalue weighted by molar-refractivity contribution is 6.03. The third-order valence-corrected chi connectivity index (χ3v) is 3.93. The predicted octanol–water partition coefficient (Wildman–Crippen LogP) is 3.92. The number of benzene rings is 3. The number of fused-ring (bicyclic) bond motifs is 1. The summed E-state index contributed by atoms with van der Waals surface area (Å²) in [6.45, 7) is 1.25. The Kier molecular flexibility index (Phi) is 6.06. The summed E-state index contributed by atoms with van der Waals surface area (Å²) in [4.78, 5) is 12.3. The zero-order valence-corrected chi connectivity index (χ0v) is 14.7. The molecule has 26 heavy (non-hydrogen) atoms. The summed E-state index contributed by atoms with van der Waals surface area (Å²) in [7, 11) is 1.64. The lowest BCUT2D eigenvalue weighted by Gasteiger charge is -2.11. The van der Waals surface area contributed by atoms with Gasteiger partial charge >= 0.3 is 0 Å². The molecule has 0 saturated heterocycles. The van der Waals surface area contributed by atoms with Crippen LogP contribution in [0.3, 0.4) is 0 Å². The number of methoxy groups -OCH3 is 1. The molecule has 0 unspecified atom stereocenters. The zero-order valence-electron chi connectivity index (χ0n) is 14.7. The van der Waals surface area contributed by atoms with Gasteiger partial charge in [-0.25, -0.2) is 0 Å². The van der Waals surface area contributed by atoms with Crippen LogP contribution in [0.2, 0.25) is 0 Å². The van der Waals surface area contributed by atoms with Crippen molar-refractivity contribution in [2.45, 2.75) is 0 Å². The molecular formula is C21H22N2O3. The normalized spacial score (nSPS) is 10.5. The Bertz CT molecular complexity index is 857. The van der Waals surface area contributed by atoms with Crippen molar-refractivity contribution in [2.24, 2.45) is 0 Å². The zero-order chi connectivity index (χ0) is 18.2. The average Bonchev–Trinajstić information content (AvgIpc) is 2.68. The quantitative estimate of drug-likeness (QED) is 0.605. The molecule has 2 N–H and O–H groups in total. The minimum Gasteiger partial charge on any atom is -0.491 e. The van der Waals surface area contributed by atoms with Crippen LogP contribution in [0.1, 0.15) is 0 Å². The van der Waals surface area contributed by atoms with Crippen LogP contribution in [0.25, 0.3) is 10.8 Å². The fourth-order valence-electron chi connectivity index (χ4n) is 2.62. The highest BCUT2D eigenvalue weighted by Gasteiger charge is 2.05. The first-order valence-electron chi connectivity index (χ1n) is 8.49. The molecule has 3 aromatic carbocycles. The summed E-state index contributed by atoms with van der Waals surface area (Å²) >= 11 is 0.